The SMILES string of the molecule is COc1ccc(-c2nnc(SCc3cc(Cl)c4c(c3)OCCCO4)n2N)cc1. The number of ether oxygens (including phenoxy) is 3. The van der Waals surface area contributed by atoms with Crippen LogP contribution in [0.4, 0.5) is 0 Å². The van der Waals surface area contributed by atoms with Crippen LogP contribution >= 0.6 is 23.4 Å². The molecule has 0 radical (unpaired) electrons. The van der Waals surface area contributed by atoms with Crippen molar-refractivity contribution in [2.45, 2.75) is 17.3 Å². The predicted octanol–water partition coefficient (Wildman–Crippen LogP) is 3.77. The zero-order chi connectivity index (χ0) is 19.5. The molecule has 0 fully saturated rings. The number of rotatable bonds is 5. The molecule has 7 nitrogen and oxygen atoms in total. The molecule has 0 saturated heterocycles. The van der Waals surface area contributed by atoms with Crippen molar-refractivity contribution in [3.63, 3.8) is 0 Å². The molecular weight excluding hydrogens is 400 g/mol. The van der Waals surface area contributed by atoms with Crippen LogP contribution in [0.1, 0.15) is 12.0 Å². The fraction of sp³-hybridized carbons (Fsp3) is 0.263. The number of hydrogen-bond donors (Lipinski definition) is 1. The van der Waals surface area contributed by atoms with Gasteiger partial charge >= 0.3 is 0 Å². The van der Waals surface area contributed by atoms with Crippen molar-refractivity contribution in [2.24, 2.45) is 0 Å². The highest BCUT2D eigenvalue weighted by molar-refractivity contribution is 7.98. The minimum absolute atomic E-state index is 0.545. The number of hydrogen-bond acceptors (Lipinski definition) is 7. The Morgan fingerprint density at radius 3 is 2.75 bits per heavy atom. The molecule has 0 spiro atoms. The minimum Gasteiger partial charge on any atom is -0.497 e. The first-order valence-corrected chi connectivity index (χ1v) is 10.1. The summed E-state index contributed by atoms with van der Waals surface area (Å²) in [5.41, 5.74) is 1.86. The third kappa shape index (κ3) is 3.83. The van der Waals surface area contributed by atoms with Gasteiger partial charge in [-0.15, -0.1) is 10.2 Å². The van der Waals surface area contributed by atoms with Crippen LogP contribution in [0.25, 0.3) is 11.4 Å². The number of halogens is 1. The first-order chi connectivity index (χ1) is 13.7. The maximum absolute atomic E-state index is 6.36. The second-order valence-electron chi connectivity index (χ2n) is 6.15. The molecule has 0 saturated carbocycles. The van der Waals surface area contributed by atoms with Gasteiger partial charge in [-0.3, -0.25) is 0 Å². The molecule has 4 rings (SSSR count). The Labute approximate surface area is 171 Å². The molecule has 28 heavy (non-hydrogen) atoms. The fourth-order valence-corrected chi connectivity index (χ4v) is 3.90. The van der Waals surface area contributed by atoms with Gasteiger partial charge in [0.25, 0.3) is 0 Å². The van der Waals surface area contributed by atoms with E-state index < -0.39 is 0 Å². The Hall–Kier alpha value is -2.58. The molecule has 1 aliphatic rings. The zero-order valence-electron chi connectivity index (χ0n) is 15.2. The van der Waals surface area contributed by atoms with E-state index >= 15 is 0 Å². The maximum atomic E-state index is 6.36. The molecule has 0 unspecified atom stereocenters. The van der Waals surface area contributed by atoms with Crippen molar-refractivity contribution < 1.29 is 14.2 Å². The Bertz CT molecular complexity index is 978. The molecule has 3 aromatic rings. The van der Waals surface area contributed by atoms with Crippen LogP contribution in [0.3, 0.4) is 0 Å². The van der Waals surface area contributed by atoms with Crippen LogP contribution in [0.5, 0.6) is 17.2 Å². The summed E-state index contributed by atoms with van der Waals surface area (Å²) in [7, 11) is 1.63. The quantitative estimate of drug-likeness (QED) is 0.498. The first kappa shape index (κ1) is 18.8. The summed E-state index contributed by atoms with van der Waals surface area (Å²) < 4.78 is 18.1. The normalized spacial score (nSPS) is 13.2. The van der Waals surface area contributed by atoms with Crippen LogP contribution < -0.4 is 20.1 Å². The third-order valence-electron chi connectivity index (χ3n) is 4.24. The number of methoxy groups -OCH3 is 1. The molecule has 2 heterocycles. The van der Waals surface area contributed by atoms with Gasteiger partial charge in [-0.25, -0.2) is 4.68 Å². The molecule has 2 N–H and O–H groups in total. The molecule has 1 aliphatic heterocycles. The predicted molar refractivity (Wildman–Crippen MR) is 109 cm³/mol. The van der Waals surface area contributed by atoms with E-state index in [1.807, 2.05) is 36.4 Å². The lowest BCUT2D eigenvalue weighted by molar-refractivity contribution is 0.297. The van der Waals surface area contributed by atoms with E-state index in [9.17, 15) is 0 Å². The first-order valence-electron chi connectivity index (χ1n) is 8.71. The number of nitrogens with zero attached hydrogens (tertiary/aromatic N) is 3. The summed E-state index contributed by atoms with van der Waals surface area (Å²) in [4.78, 5) is 0. The molecule has 0 amide bonds. The maximum Gasteiger partial charge on any atom is 0.210 e. The topological polar surface area (TPSA) is 84.4 Å². The van der Waals surface area contributed by atoms with Crippen molar-refractivity contribution in [1.82, 2.24) is 14.9 Å². The Morgan fingerprint density at radius 2 is 1.96 bits per heavy atom. The van der Waals surface area contributed by atoms with Crippen molar-refractivity contribution in [3.05, 3.63) is 47.0 Å². The number of nitrogens with two attached hydrogens (primary N) is 1. The number of nitrogen functional groups attached to an aromatic ring is 1. The summed E-state index contributed by atoms with van der Waals surface area (Å²) in [6.07, 6.45) is 0.833. The van der Waals surface area contributed by atoms with Crippen molar-refractivity contribution >= 4 is 23.4 Å². The number of thioether (sulfide) groups is 1. The number of aromatic nitrogens is 3. The largest absolute Gasteiger partial charge is 0.497 e. The average Bonchev–Trinajstić information content (AvgIpc) is 2.91. The zero-order valence-corrected chi connectivity index (χ0v) is 16.8. The monoisotopic (exact) mass is 418 g/mol. The van der Waals surface area contributed by atoms with Crippen molar-refractivity contribution in [1.29, 1.82) is 0 Å². The highest BCUT2D eigenvalue weighted by Crippen LogP contribution is 2.39. The molecule has 2 aromatic carbocycles. The summed E-state index contributed by atoms with van der Waals surface area (Å²) in [5.74, 6) is 9.46. The van der Waals surface area contributed by atoms with E-state index in [1.54, 1.807) is 7.11 Å². The summed E-state index contributed by atoms with van der Waals surface area (Å²) in [6.45, 7) is 1.22. The molecule has 146 valence electrons. The van der Waals surface area contributed by atoms with Crippen LogP contribution in [0.2, 0.25) is 5.02 Å². The molecular formula is C19H19ClN4O3S. The standard InChI is InChI=1S/C19H19ClN4O3S/c1-25-14-5-3-13(4-6-14)18-22-23-19(24(18)21)28-11-12-9-15(20)17-16(10-12)26-7-2-8-27-17/h3-6,9-10H,2,7-8,11,21H2,1H3. The van der Waals surface area contributed by atoms with Gasteiger partial charge in [0.05, 0.1) is 25.3 Å². The molecule has 0 bridgehead atoms. The van der Waals surface area contributed by atoms with Crippen LogP contribution in [0.15, 0.2) is 41.6 Å². The Morgan fingerprint density at radius 1 is 1.18 bits per heavy atom. The van der Waals surface area contributed by atoms with Gasteiger partial charge in [0.15, 0.2) is 17.3 Å². The lowest BCUT2D eigenvalue weighted by atomic mass is 10.2. The van der Waals surface area contributed by atoms with Gasteiger partial charge in [0.1, 0.15) is 5.75 Å². The van der Waals surface area contributed by atoms with Gasteiger partial charge in [0, 0.05) is 17.7 Å². The third-order valence-corrected chi connectivity index (χ3v) is 5.54. The molecule has 0 aliphatic carbocycles. The molecule has 0 atom stereocenters. The Balaban J connectivity index is 1.50. The van der Waals surface area contributed by atoms with Gasteiger partial charge in [-0.2, -0.15) is 0 Å². The van der Waals surface area contributed by atoms with Crippen LogP contribution in [-0.2, 0) is 5.75 Å². The van der Waals surface area contributed by atoms with E-state index in [0.717, 1.165) is 23.3 Å². The van der Waals surface area contributed by atoms with Crippen molar-refractivity contribution in [3.8, 4) is 28.6 Å². The van der Waals surface area contributed by atoms with E-state index in [4.69, 9.17) is 31.7 Å². The van der Waals surface area contributed by atoms with Crippen LogP contribution in [0, 0.1) is 0 Å². The minimum atomic E-state index is 0.545. The average molecular weight is 419 g/mol. The van der Waals surface area contributed by atoms with Gasteiger partial charge in [-0.05, 0) is 42.0 Å². The fourth-order valence-electron chi connectivity index (χ4n) is 2.83. The van der Waals surface area contributed by atoms with Crippen LogP contribution in [-0.4, -0.2) is 35.2 Å². The summed E-state index contributed by atoms with van der Waals surface area (Å²) in [6, 6.07) is 11.3. The van der Waals surface area contributed by atoms with E-state index in [0.29, 0.717) is 46.5 Å². The number of benzene rings is 2. The van der Waals surface area contributed by atoms with Gasteiger partial charge < -0.3 is 20.1 Å². The second kappa shape index (κ2) is 8.20. The van der Waals surface area contributed by atoms with Gasteiger partial charge in [0.2, 0.25) is 5.16 Å². The van der Waals surface area contributed by atoms with E-state index in [2.05, 4.69) is 10.2 Å². The van der Waals surface area contributed by atoms with E-state index in [-0.39, 0.29) is 0 Å². The number of fused-ring (bicyclic) bond motifs is 1. The molecule has 1 aromatic heterocycles. The van der Waals surface area contributed by atoms with Crippen molar-refractivity contribution in [2.75, 3.05) is 26.2 Å². The summed E-state index contributed by atoms with van der Waals surface area (Å²) in [5, 5.41) is 9.57. The molecule has 9 heteroatoms. The lowest BCUT2D eigenvalue weighted by Crippen LogP contribution is -2.11. The highest BCUT2D eigenvalue weighted by Gasteiger charge is 2.17. The lowest BCUT2D eigenvalue weighted by Gasteiger charge is -2.11. The Kier molecular flexibility index (Phi) is 5.50. The van der Waals surface area contributed by atoms with E-state index in [1.165, 1.54) is 16.4 Å². The van der Waals surface area contributed by atoms with Gasteiger partial charge in [-0.1, -0.05) is 23.4 Å². The smallest absolute Gasteiger partial charge is 0.210 e. The highest BCUT2D eigenvalue weighted by atomic mass is 35.5. The second-order valence-corrected chi connectivity index (χ2v) is 7.50. The summed E-state index contributed by atoms with van der Waals surface area (Å²) >= 11 is 7.83.